The third kappa shape index (κ3) is 4.66. The summed E-state index contributed by atoms with van der Waals surface area (Å²) in [6, 6.07) is 6.96. The Hall–Kier alpha value is -0.550. The van der Waals surface area contributed by atoms with E-state index in [1.54, 1.807) is 24.3 Å². The molecule has 0 aliphatic heterocycles. The molecule has 0 saturated heterocycles. The van der Waals surface area contributed by atoms with Crippen LogP contribution in [0.2, 0.25) is 0 Å². The van der Waals surface area contributed by atoms with Gasteiger partial charge in [-0.25, -0.2) is 0 Å². The molecule has 1 aromatic rings. The summed E-state index contributed by atoms with van der Waals surface area (Å²) in [5, 5.41) is 3.02. The number of rotatable bonds is 5. The maximum atomic E-state index is 12.2. The fraction of sp³-hybridized carbons (Fsp3) is 0.200. The van der Waals surface area contributed by atoms with Crippen LogP contribution in [-0.4, -0.2) is 12.3 Å². The Morgan fingerprint density at radius 3 is 2.73 bits per heavy atom. The Bertz CT molecular complexity index is 344. The topological polar surface area (TPSA) is 12.0 Å². The van der Waals surface area contributed by atoms with E-state index in [2.05, 4.69) is 27.8 Å². The fourth-order valence-corrected chi connectivity index (χ4v) is 1.76. The van der Waals surface area contributed by atoms with Gasteiger partial charge in [0.1, 0.15) is 0 Å². The van der Waals surface area contributed by atoms with Crippen molar-refractivity contribution in [3.8, 4) is 0 Å². The van der Waals surface area contributed by atoms with Crippen molar-refractivity contribution in [2.45, 2.75) is 10.7 Å². The van der Waals surface area contributed by atoms with Crippen LogP contribution in [0.15, 0.2) is 40.2 Å². The molecule has 1 rings (SSSR count). The maximum absolute atomic E-state index is 12.2. The van der Waals surface area contributed by atoms with Crippen molar-refractivity contribution in [3.63, 3.8) is 0 Å². The molecule has 0 spiro atoms. The van der Waals surface area contributed by atoms with E-state index in [1.807, 2.05) is 0 Å². The molecule has 1 N–H and O–H groups in total. The van der Waals surface area contributed by atoms with Crippen molar-refractivity contribution in [1.82, 2.24) is 0 Å². The van der Waals surface area contributed by atoms with Crippen LogP contribution in [0.1, 0.15) is 0 Å². The lowest BCUT2D eigenvalue weighted by molar-refractivity contribution is 0.252. The zero-order valence-electron chi connectivity index (χ0n) is 7.84. The highest BCUT2D eigenvalue weighted by molar-refractivity contribution is 9.11. The first-order valence-corrected chi connectivity index (χ1v) is 5.88. The number of anilines is 1. The van der Waals surface area contributed by atoms with Gasteiger partial charge in [-0.15, -0.1) is 0 Å². The molecule has 0 radical (unpaired) electrons. The summed E-state index contributed by atoms with van der Waals surface area (Å²) in [5.74, 6) is -2.40. The van der Waals surface area contributed by atoms with E-state index in [9.17, 15) is 8.78 Å². The third-order valence-electron chi connectivity index (χ3n) is 1.57. The number of thioether (sulfide) groups is 1. The SMILES string of the molecule is C=C(Br)CNc1ccccc1SC(F)F. The van der Waals surface area contributed by atoms with Crippen molar-refractivity contribution in [1.29, 1.82) is 0 Å². The van der Waals surface area contributed by atoms with Crippen LogP contribution in [0.5, 0.6) is 0 Å². The van der Waals surface area contributed by atoms with Crippen LogP contribution in [0, 0.1) is 0 Å². The monoisotopic (exact) mass is 293 g/mol. The van der Waals surface area contributed by atoms with Gasteiger partial charge in [-0.2, -0.15) is 8.78 Å². The van der Waals surface area contributed by atoms with Crippen LogP contribution in [0.25, 0.3) is 0 Å². The zero-order chi connectivity index (χ0) is 11.3. The smallest absolute Gasteiger partial charge is 0.288 e. The van der Waals surface area contributed by atoms with Crippen LogP contribution in [0.4, 0.5) is 14.5 Å². The van der Waals surface area contributed by atoms with Crippen LogP contribution in [0.3, 0.4) is 0 Å². The molecule has 0 aliphatic carbocycles. The average molecular weight is 294 g/mol. The quantitative estimate of drug-likeness (QED) is 0.812. The molecule has 0 unspecified atom stereocenters. The largest absolute Gasteiger partial charge is 0.380 e. The van der Waals surface area contributed by atoms with Gasteiger partial charge < -0.3 is 5.32 Å². The minimum atomic E-state index is -2.40. The number of hydrogen-bond donors (Lipinski definition) is 1. The van der Waals surface area contributed by atoms with Gasteiger partial charge in [-0.3, -0.25) is 0 Å². The zero-order valence-corrected chi connectivity index (χ0v) is 10.2. The lowest BCUT2D eigenvalue weighted by Crippen LogP contribution is -2.02. The second-order valence-electron chi connectivity index (χ2n) is 2.75. The van der Waals surface area contributed by atoms with E-state index in [0.29, 0.717) is 28.9 Å². The summed E-state index contributed by atoms with van der Waals surface area (Å²) in [6.45, 7) is 4.17. The molecule has 1 aromatic carbocycles. The molecular formula is C10H10BrF2NS. The average Bonchev–Trinajstić information content (AvgIpc) is 2.15. The molecule has 0 amide bonds. The molecule has 0 bridgehead atoms. The summed E-state index contributed by atoms with van der Waals surface area (Å²) in [4.78, 5) is 0.543. The van der Waals surface area contributed by atoms with Gasteiger partial charge in [0.25, 0.3) is 5.76 Å². The minimum absolute atomic E-state index is 0.515. The molecule has 1 nitrogen and oxygen atoms in total. The van der Waals surface area contributed by atoms with Crippen LogP contribution < -0.4 is 5.32 Å². The highest BCUT2D eigenvalue weighted by Gasteiger charge is 2.08. The minimum Gasteiger partial charge on any atom is -0.380 e. The Kier molecular flexibility index (Phi) is 5.11. The van der Waals surface area contributed by atoms with Crippen molar-refractivity contribution in [2.75, 3.05) is 11.9 Å². The van der Waals surface area contributed by atoms with Crippen LogP contribution >= 0.6 is 27.7 Å². The van der Waals surface area contributed by atoms with Gasteiger partial charge in [-0.05, 0) is 12.1 Å². The predicted octanol–water partition coefficient (Wildman–Crippen LogP) is 4.32. The standard InChI is InChI=1S/C10H10BrF2NS/c1-7(11)6-14-8-4-2-3-5-9(8)15-10(12)13/h2-5,10,14H,1,6H2. The molecule has 0 atom stereocenters. The number of halogens is 3. The molecule has 0 aromatic heterocycles. The molecule has 0 saturated carbocycles. The Morgan fingerprint density at radius 2 is 2.13 bits per heavy atom. The first kappa shape index (κ1) is 12.5. The summed E-state index contributed by atoms with van der Waals surface area (Å²) >= 11 is 3.73. The van der Waals surface area contributed by atoms with E-state index in [4.69, 9.17) is 0 Å². The van der Waals surface area contributed by atoms with E-state index in [-0.39, 0.29) is 0 Å². The van der Waals surface area contributed by atoms with E-state index in [0.717, 1.165) is 4.48 Å². The maximum Gasteiger partial charge on any atom is 0.288 e. The van der Waals surface area contributed by atoms with Gasteiger partial charge in [0, 0.05) is 21.6 Å². The highest BCUT2D eigenvalue weighted by Crippen LogP contribution is 2.31. The highest BCUT2D eigenvalue weighted by atomic mass is 79.9. The molecule has 0 heterocycles. The Labute approximate surface area is 100 Å². The van der Waals surface area contributed by atoms with Crippen molar-refractivity contribution in [2.24, 2.45) is 0 Å². The second-order valence-corrected chi connectivity index (χ2v) is 4.90. The van der Waals surface area contributed by atoms with Gasteiger partial charge in [-0.1, -0.05) is 46.4 Å². The molecule has 5 heteroatoms. The van der Waals surface area contributed by atoms with Crippen molar-refractivity contribution in [3.05, 3.63) is 35.3 Å². The van der Waals surface area contributed by atoms with Gasteiger partial charge in [0.05, 0.1) is 0 Å². The number of para-hydroxylation sites is 1. The second kappa shape index (κ2) is 6.12. The summed E-state index contributed by atoms with van der Waals surface area (Å²) < 4.78 is 25.2. The third-order valence-corrected chi connectivity index (χ3v) is 2.64. The molecule has 0 fully saturated rings. The van der Waals surface area contributed by atoms with Crippen molar-refractivity contribution >= 4 is 33.4 Å². The summed E-state index contributed by atoms with van der Waals surface area (Å²) in [7, 11) is 0. The lowest BCUT2D eigenvalue weighted by Gasteiger charge is -2.10. The number of nitrogens with one attached hydrogen (secondary N) is 1. The summed E-state index contributed by atoms with van der Waals surface area (Å²) in [5.41, 5.74) is 0.698. The number of benzene rings is 1. The first-order chi connectivity index (χ1) is 7.09. The first-order valence-electron chi connectivity index (χ1n) is 4.20. The van der Waals surface area contributed by atoms with E-state index >= 15 is 0 Å². The number of hydrogen-bond acceptors (Lipinski definition) is 2. The molecule has 15 heavy (non-hydrogen) atoms. The van der Waals surface area contributed by atoms with Gasteiger partial charge in [0.15, 0.2) is 0 Å². The number of alkyl halides is 2. The summed E-state index contributed by atoms with van der Waals surface area (Å²) in [6.07, 6.45) is 0. The van der Waals surface area contributed by atoms with Crippen LogP contribution in [-0.2, 0) is 0 Å². The molecule has 82 valence electrons. The Balaban J connectivity index is 2.72. The van der Waals surface area contributed by atoms with Gasteiger partial charge in [0.2, 0.25) is 0 Å². The van der Waals surface area contributed by atoms with Crippen molar-refractivity contribution < 1.29 is 8.78 Å². The van der Waals surface area contributed by atoms with Gasteiger partial charge >= 0.3 is 0 Å². The molecule has 0 aliphatic rings. The fourth-order valence-electron chi connectivity index (χ4n) is 1.00. The Morgan fingerprint density at radius 1 is 1.47 bits per heavy atom. The molecular weight excluding hydrogens is 284 g/mol. The van der Waals surface area contributed by atoms with E-state index < -0.39 is 5.76 Å². The normalized spacial score (nSPS) is 10.4. The lowest BCUT2D eigenvalue weighted by atomic mass is 10.3. The van der Waals surface area contributed by atoms with E-state index in [1.165, 1.54) is 0 Å². The predicted molar refractivity (Wildman–Crippen MR) is 64.9 cm³/mol.